The van der Waals surface area contributed by atoms with Gasteiger partial charge in [-0.1, -0.05) is 20.8 Å². The van der Waals surface area contributed by atoms with Crippen molar-refractivity contribution >= 4 is 17.6 Å². The van der Waals surface area contributed by atoms with E-state index in [0.29, 0.717) is 5.95 Å². The number of aromatic nitrogens is 2. The van der Waals surface area contributed by atoms with Crippen LogP contribution in [0.3, 0.4) is 0 Å². The van der Waals surface area contributed by atoms with Gasteiger partial charge in [0.2, 0.25) is 5.95 Å². The number of nitrogens with one attached hydrogen (secondary N) is 1. The van der Waals surface area contributed by atoms with Gasteiger partial charge >= 0.3 is 0 Å². The first-order valence-electron chi connectivity index (χ1n) is 7.23. The van der Waals surface area contributed by atoms with Crippen LogP contribution in [0.15, 0.2) is 6.07 Å². The first kappa shape index (κ1) is 13.9. The molecule has 0 amide bonds. The third-order valence-corrected chi connectivity index (χ3v) is 3.78. The lowest BCUT2D eigenvalue weighted by molar-refractivity contribution is 0.422. The van der Waals surface area contributed by atoms with Crippen LogP contribution in [0.1, 0.15) is 33.6 Å². The lowest BCUT2D eigenvalue weighted by atomic mass is 9.95. The van der Waals surface area contributed by atoms with E-state index in [2.05, 4.69) is 41.0 Å². The van der Waals surface area contributed by atoms with E-state index in [1.807, 2.05) is 6.07 Å². The fourth-order valence-electron chi connectivity index (χ4n) is 2.50. The highest BCUT2D eigenvalue weighted by Crippen LogP contribution is 2.28. The van der Waals surface area contributed by atoms with Crippen molar-refractivity contribution in [3.05, 3.63) is 6.07 Å². The molecule has 1 atom stereocenters. The van der Waals surface area contributed by atoms with Crippen molar-refractivity contribution < 1.29 is 0 Å². The molecule has 19 heavy (non-hydrogen) atoms. The van der Waals surface area contributed by atoms with Crippen LogP contribution in [0.2, 0.25) is 0 Å². The Morgan fingerprint density at radius 2 is 2.26 bits per heavy atom. The molecule has 1 aliphatic heterocycles. The highest BCUT2D eigenvalue weighted by Gasteiger charge is 2.26. The minimum atomic E-state index is 0.351. The lowest BCUT2D eigenvalue weighted by Gasteiger charge is -2.20. The third kappa shape index (κ3) is 3.49. The Hall–Kier alpha value is -1.52. The number of hydrogen-bond donors (Lipinski definition) is 2. The molecule has 0 aromatic carbocycles. The molecule has 3 N–H and O–H groups in total. The van der Waals surface area contributed by atoms with Gasteiger partial charge in [-0.25, -0.2) is 0 Å². The first-order chi connectivity index (χ1) is 9.10. The molecular weight excluding hydrogens is 238 g/mol. The number of nitrogen functional groups attached to an aromatic ring is 1. The summed E-state index contributed by atoms with van der Waals surface area (Å²) in [6.45, 7) is 9.75. The molecule has 1 fully saturated rings. The number of nitrogens with zero attached hydrogens (tertiary/aromatic N) is 3. The Bertz CT molecular complexity index is 418. The summed E-state index contributed by atoms with van der Waals surface area (Å²) < 4.78 is 0. The SMILES string of the molecule is CCCNc1cc(N2CCC(C(C)C)C2)nc(N)n1. The first-order valence-corrected chi connectivity index (χ1v) is 7.23. The van der Waals surface area contributed by atoms with E-state index in [1.165, 1.54) is 6.42 Å². The van der Waals surface area contributed by atoms with Crippen molar-refractivity contribution in [2.45, 2.75) is 33.6 Å². The molecular formula is C14H25N5. The number of anilines is 3. The Balaban J connectivity index is 2.09. The van der Waals surface area contributed by atoms with Crippen LogP contribution in [0, 0.1) is 11.8 Å². The van der Waals surface area contributed by atoms with Crippen molar-refractivity contribution in [1.82, 2.24) is 9.97 Å². The van der Waals surface area contributed by atoms with E-state index < -0.39 is 0 Å². The fourth-order valence-corrected chi connectivity index (χ4v) is 2.50. The topological polar surface area (TPSA) is 67.1 Å². The van der Waals surface area contributed by atoms with Crippen molar-refractivity contribution in [3.63, 3.8) is 0 Å². The molecule has 0 spiro atoms. The summed E-state index contributed by atoms with van der Waals surface area (Å²) >= 11 is 0. The zero-order valence-electron chi connectivity index (χ0n) is 12.2. The van der Waals surface area contributed by atoms with Crippen LogP contribution in [0.5, 0.6) is 0 Å². The summed E-state index contributed by atoms with van der Waals surface area (Å²) in [4.78, 5) is 10.9. The maximum atomic E-state index is 5.80. The molecule has 1 saturated heterocycles. The summed E-state index contributed by atoms with van der Waals surface area (Å²) in [6, 6.07) is 2.01. The molecule has 1 unspecified atom stereocenters. The second-order valence-electron chi connectivity index (χ2n) is 5.64. The van der Waals surface area contributed by atoms with E-state index >= 15 is 0 Å². The predicted molar refractivity (Wildman–Crippen MR) is 80.4 cm³/mol. The summed E-state index contributed by atoms with van der Waals surface area (Å²) in [6.07, 6.45) is 2.30. The highest BCUT2D eigenvalue weighted by atomic mass is 15.2. The van der Waals surface area contributed by atoms with Gasteiger partial charge in [0.15, 0.2) is 0 Å². The van der Waals surface area contributed by atoms with Gasteiger partial charge in [-0.05, 0) is 24.7 Å². The fraction of sp³-hybridized carbons (Fsp3) is 0.714. The normalized spacial score (nSPS) is 19.2. The number of hydrogen-bond acceptors (Lipinski definition) is 5. The van der Waals surface area contributed by atoms with Crippen LogP contribution in [0.4, 0.5) is 17.6 Å². The molecule has 5 nitrogen and oxygen atoms in total. The van der Waals surface area contributed by atoms with Gasteiger partial charge in [-0.15, -0.1) is 0 Å². The summed E-state index contributed by atoms with van der Waals surface area (Å²) in [5.41, 5.74) is 5.80. The zero-order valence-corrected chi connectivity index (χ0v) is 12.2. The lowest BCUT2D eigenvalue weighted by Crippen LogP contribution is -2.23. The summed E-state index contributed by atoms with van der Waals surface area (Å²) in [7, 11) is 0. The molecule has 2 heterocycles. The summed E-state index contributed by atoms with van der Waals surface area (Å²) in [5, 5.41) is 3.28. The molecule has 5 heteroatoms. The molecule has 1 aromatic heterocycles. The van der Waals surface area contributed by atoms with Gasteiger partial charge < -0.3 is 16.0 Å². The maximum Gasteiger partial charge on any atom is 0.223 e. The van der Waals surface area contributed by atoms with Gasteiger partial charge in [0.05, 0.1) is 0 Å². The minimum Gasteiger partial charge on any atom is -0.370 e. The minimum absolute atomic E-state index is 0.351. The molecule has 1 aromatic rings. The van der Waals surface area contributed by atoms with Crippen LogP contribution in [-0.2, 0) is 0 Å². The highest BCUT2D eigenvalue weighted by molar-refractivity contribution is 5.53. The van der Waals surface area contributed by atoms with Crippen LogP contribution >= 0.6 is 0 Å². The Kier molecular flexibility index (Phi) is 4.45. The van der Waals surface area contributed by atoms with Gasteiger partial charge in [-0.2, -0.15) is 9.97 Å². The Morgan fingerprint density at radius 1 is 1.47 bits per heavy atom. The van der Waals surface area contributed by atoms with Crippen LogP contribution in [-0.4, -0.2) is 29.6 Å². The molecule has 0 bridgehead atoms. The van der Waals surface area contributed by atoms with E-state index in [-0.39, 0.29) is 0 Å². The van der Waals surface area contributed by atoms with E-state index in [9.17, 15) is 0 Å². The van der Waals surface area contributed by atoms with Crippen LogP contribution in [0.25, 0.3) is 0 Å². The largest absolute Gasteiger partial charge is 0.370 e. The van der Waals surface area contributed by atoms with Crippen LogP contribution < -0.4 is 16.0 Å². The van der Waals surface area contributed by atoms with Crippen molar-refractivity contribution in [2.75, 3.05) is 35.6 Å². The van der Waals surface area contributed by atoms with Crippen molar-refractivity contribution in [2.24, 2.45) is 11.8 Å². The average Bonchev–Trinajstić information content (AvgIpc) is 2.85. The van der Waals surface area contributed by atoms with E-state index in [4.69, 9.17) is 5.73 Å². The number of nitrogens with two attached hydrogens (primary N) is 1. The average molecular weight is 263 g/mol. The Labute approximate surface area is 115 Å². The molecule has 0 saturated carbocycles. The predicted octanol–water partition coefficient (Wildman–Crippen LogP) is 2.36. The van der Waals surface area contributed by atoms with E-state index in [0.717, 1.165) is 49.5 Å². The van der Waals surface area contributed by atoms with Gasteiger partial charge in [0.25, 0.3) is 0 Å². The standard InChI is InChI=1S/C14H25N5/c1-4-6-16-12-8-13(18-14(15)17-12)19-7-5-11(9-19)10(2)3/h8,10-11H,4-7,9H2,1-3H3,(H3,15,16,17,18). The Morgan fingerprint density at radius 3 is 2.89 bits per heavy atom. The molecule has 106 valence electrons. The van der Waals surface area contributed by atoms with E-state index in [1.54, 1.807) is 0 Å². The smallest absolute Gasteiger partial charge is 0.223 e. The van der Waals surface area contributed by atoms with Gasteiger partial charge in [0.1, 0.15) is 11.6 Å². The number of rotatable bonds is 5. The molecule has 0 aliphatic carbocycles. The second-order valence-corrected chi connectivity index (χ2v) is 5.64. The molecule has 0 radical (unpaired) electrons. The summed E-state index contributed by atoms with van der Waals surface area (Å²) in [5.74, 6) is 3.61. The molecule has 2 rings (SSSR count). The van der Waals surface area contributed by atoms with Crippen molar-refractivity contribution in [3.8, 4) is 0 Å². The second kappa shape index (κ2) is 6.08. The van der Waals surface area contributed by atoms with Gasteiger partial charge in [0, 0.05) is 25.7 Å². The zero-order chi connectivity index (χ0) is 13.8. The van der Waals surface area contributed by atoms with Gasteiger partial charge in [-0.3, -0.25) is 0 Å². The maximum absolute atomic E-state index is 5.80. The quantitative estimate of drug-likeness (QED) is 0.853. The molecule has 1 aliphatic rings. The third-order valence-electron chi connectivity index (χ3n) is 3.78. The van der Waals surface area contributed by atoms with Crippen molar-refractivity contribution in [1.29, 1.82) is 0 Å². The monoisotopic (exact) mass is 263 g/mol.